The van der Waals surface area contributed by atoms with Crippen molar-refractivity contribution in [3.8, 4) is 0 Å². The van der Waals surface area contributed by atoms with E-state index >= 15 is 0 Å². The fraction of sp³-hybridized carbons (Fsp3) is 0.474. The number of aromatic nitrogens is 2. The van der Waals surface area contributed by atoms with Gasteiger partial charge in [-0.05, 0) is 43.4 Å². The Morgan fingerprint density at radius 2 is 2.04 bits per heavy atom. The summed E-state index contributed by atoms with van der Waals surface area (Å²) in [6, 6.07) is 11.2. The third-order valence-corrected chi connectivity index (χ3v) is 4.90. The van der Waals surface area contributed by atoms with Gasteiger partial charge in [-0.2, -0.15) is 0 Å². The molecule has 0 amide bonds. The molecule has 1 saturated heterocycles. The Bertz CT molecular complexity index is 681. The SMILES string of the molecule is Cc1ccccc1CN1CCC(Nc2ccnc(C3CC3)n2)C1. The van der Waals surface area contributed by atoms with E-state index in [0.29, 0.717) is 12.0 Å². The standard InChI is InChI=1S/C19H24N4/c1-14-4-2-3-5-16(14)12-23-11-9-17(13-23)21-18-8-10-20-19(22-18)15-6-7-15/h2-5,8,10,15,17H,6-7,9,11-13H2,1H3,(H,20,21,22). The molecule has 1 N–H and O–H groups in total. The Balaban J connectivity index is 1.35. The minimum Gasteiger partial charge on any atom is -0.366 e. The van der Waals surface area contributed by atoms with Crippen LogP contribution in [0.3, 0.4) is 0 Å². The van der Waals surface area contributed by atoms with Crippen LogP contribution in [0, 0.1) is 6.92 Å². The van der Waals surface area contributed by atoms with E-state index in [1.165, 1.54) is 30.4 Å². The number of hydrogen-bond donors (Lipinski definition) is 1. The first-order valence-corrected chi connectivity index (χ1v) is 8.64. The van der Waals surface area contributed by atoms with Crippen molar-refractivity contribution in [1.29, 1.82) is 0 Å². The zero-order valence-electron chi connectivity index (χ0n) is 13.7. The summed E-state index contributed by atoms with van der Waals surface area (Å²) in [7, 11) is 0. The molecular formula is C19H24N4. The molecule has 0 radical (unpaired) electrons. The first-order valence-electron chi connectivity index (χ1n) is 8.64. The Labute approximate surface area is 138 Å². The Kier molecular flexibility index (Phi) is 4.00. The molecule has 4 heteroatoms. The van der Waals surface area contributed by atoms with Crippen LogP contribution in [0.1, 0.15) is 42.1 Å². The maximum atomic E-state index is 4.68. The van der Waals surface area contributed by atoms with Gasteiger partial charge < -0.3 is 5.32 Å². The minimum atomic E-state index is 0.487. The lowest BCUT2D eigenvalue weighted by Gasteiger charge is -2.18. The highest BCUT2D eigenvalue weighted by Crippen LogP contribution is 2.38. The van der Waals surface area contributed by atoms with Crippen LogP contribution in [-0.2, 0) is 6.54 Å². The molecule has 1 aromatic heterocycles. The molecule has 1 atom stereocenters. The number of benzene rings is 1. The summed E-state index contributed by atoms with van der Waals surface area (Å²) in [5.74, 6) is 2.62. The van der Waals surface area contributed by atoms with Crippen LogP contribution < -0.4 is 5.32 Å². The van der Waals surface area contributed by atoms with E-state index in [1.54, 1.807) is 0 Å². The molecule has 1 saturated carbocycles. The number of hydrogen-bond acceptors (Lipinski definition) is 4. The van der Waals surface area contributed by atoms with E-state index in [-0.39, 0.29) is 0 Å². The van der Waals surface area contributed by atoms with Crippen molar-refractivity contribution in [2.45, 2.75) is 44.7 Å². The van der Waals surface area contributed by atoms with Crippen LogP contribution >= 0.6 is 0 Å². The number of rotatable bonds is 5. The Morgan fingerprint density at radius 1 is 1.17 bits per heavy atom. The van der Waals surface area contributed by atoms with Crippen LogP contribution in [0.4, 0.5) is 5.82 Å². The summed E-state index contributed by atoms with van der Waals surface area (Å²) in [5, 5.41) is 3.60. The molecule has 2 heterocycles. The van der Waals surface area contributed by atoms with Crippen molar-refractivity contribution in [3.63, 3.8) is 0 Å². The number of aryl methyl sites for hydroxylation is 1. The maximum absolute atomic E-state index is 4.68. The highest BCUT2D eigenvalue weighted by Gasteiger charge is 2.27. The monoisotopic (exact) mass is 308 g/mol. The summed E-state index contributed by atoms with van der Waals surface area (Å²) in [6.45, 7) is 5.47. The summed E-state index contributed by atoms with van der Waals surface area (Å²) in [5.41, 5.74) is 2.82. The zero-order valence-corrected chi connectivity index (χ0v) is 13.7. The fourth-order valence-electron chi connectivity index (χ4n) is 3.32. The second-order valence-corrected chi connectivity index (χ2v) is 6.87. The third kappa shape index (κ3) is 3.53. The lowest BCUT2D eigenvalue weighted by atomic mass is 10.1. The molecule has 4 nitrogen and oxygen atoms in total. The highest BCUT2D eigenvalue weighted by molar-refractivity contribution is 5.36. The number of nitrogens with one attached hydrogen (secondary N) is 1. The molecule has 23 heavy (non-hydrogen) atoms. The van der Waals surface area contributed by atoms with Crippen LogP contribution in [-0.4, -0.2) is 34.0 Å². The summed E-state index contributed by atoms with van der Waals surface area (Å²) < 4.78 is 0. The van der Waals surface area contributed by atoms with Crippen molar-refractivity contribution in [3.05, 3.63) is 53.5 Å². The largest absolute Gasteiger partial charge is 0.366 e. The molecular weight excluding hydrogens is 284 g/mol. The van der Waals surface area contributed by atoms with Gasteiger partial charge in [-0.25, -0.2) is 9.97 Å². The predicted molar refractivity (Wildman–Crippen MR) is 92.5 cm³/mol. The van der Waals surface area contributed by atoms with Gasteiger partial charge >= 0.3 is 0 Å². The van der Waals surface area contributed by atoms with Gasteiger partial charge in [0.2, 0.25) is 0 Å². The van der Waals surface area contributed by atoms with Crippen LogP contribution in [0.5, 0.6) is 0 Å². The van der Waals surface area contributed by atoms with Crippen molar-refractivity contribution < 1.29 is 0 Å². The van der Waals surface area contributed by atoms with Gasteiger partial charge in [-0.3, -0.25) is 4.90 Å². The maximum Gasteiger partial charge on any atom is 0.133 e. The van der Waals surface area contributed by atoms with Gasteiger partial charge in [0.25, 0.3) is 0 Å². The minimum absolute atomic E-state index is 0.487. The van der Waals surface area contributed by atoms with E-state index < -0.39 is 0 Å². The molecule has 1 aromatic carbocycles. The first kappa shape index (κ1) is 14.6. The number of likely N-dealkylation sites (tertiary alicyclic amines) is 1. The molecule has 1 unspecified atom stereocenters. The van der Waals surface area contributed by atoms with Crippen molar-refractivity contribution in [1.82, 2.24) is 14.9 Å². The van der Waals surface area contributed by atoms with Crippen LogP contribution in [0.25, 0.3) is 0 Å². The normalized spacial score (nSPS) is 21.5. The third-order valence-electron chi connectivity index (χ3n) is 4.90. The van der Waals surface area contributed by atoms with Crippen molar-refractivity contribution >= 4 is 5.82 Å². The summed E-state index contributed by atoms with van der Waals surface area (Å²) >= 11 is 0. The van der Waals surface area contributed by atoms with E-state index in [9.17, 15) is 0 Å². The number of anilines is 1. The first-order chi connectivity index (χ1) is 11.3. The lowest BCUT2D eigenvalue weighted by molar-refractivity contribution is 0.328. The van der Waals surface area contributed by atoms with Gasteiger partial charge in [0.05, 0.1) is 0 Å². The van der Waals surface area contributed by atoms with E-state index in [0.717, 1.165) is 31.3 Å². The molecule has 2 aliphatic rings. The Hall–Kier alpha value is -1.94. The molecule has 4 rings (SSSR count). The number of nitrogens with zero attached hydrogens (tertiary/aromatic N) is 3. The molecule has 0 bridgehead atoms. The van der Waals surface area contributed by atoms with Gasteiger partial charge in [0.15, 0.2) is 0 Å². The van der Waals surface area contributed by atoms with Crippen molar-refractivity contribution in [2.75, 3.05) is 18.4 Å². The zero-order chi connectivity index (χ0) is 15.6. The molecule has 1 aliphatic carbocycles. The molecule has 1 aliphatic heterocycles. The molecule has 0 spiro atoms. The quantitative estimate of drug-likeness (QED) is 0.919. The Morgan fingerprint density at radius 3 is 2.87 bits per heavy atom. The van der Waals surface area contributed by atoms with E-state index in [2.05, 4.69) is 51.4 Å². The van der Waals surface area contributed by atoms with Gasteiger partial charge in [-0.15, -0.1) is 0 Å². The average molecular weight is 308 g/mol. The predicted octanol–water partition coefficient (Wildman–Crippen LogP) is 3.35. The molecule has 120 valence electrons. The second-order valence-electron chi connectivity index (χ2n) is 6.87. The summed E-state index contributed by atoms with van der Waals surface area (Å²) in [4.78, 5) is 11.6. The van der Waals surface area contributed by atoms with Crippen LogP contribution in [0.2, 0.25) is 0 Å². The van der Waals surface area contributed by atoms with Gasteiger partial charge in [0, 0.05) is 37.8 Å². The highest BCUT2D eigenvalue weighted by atomic mass is 15.2. The van der Waals surface area contributed by atoms with E-state index in [1.807, 2.05) is 12.3 Å². The molecule has 2 aromatic rings. The lowest BCUT2D eigenvalue weighted by Crippen LogP contribution is -2.26. The topological polar surface area (TPSA) is 41.0 Å². The second kappa shape index (κ2) is 6.28. The van der Waals surface area contributed by atoms with Crippen molar-refractivity contribution in [2.24, 2.45) is 0 Å². The average Bonchev–Trinajstić information content (AvgIpc) is 3.32. The molecule has 2 fully saturated rings. The van der Waals surface area contributed by atoms with E-state index in [4.69, 9.17) is 0 Å². The smallest absolute Gasteiger partial charge is 0.133 e. The fourth-order valence-corrected chi connectivity index (χ4v) is 3.32. The van der Waals surface area contributed by atoms with Gasteiger partial charge in [-0.1, -0.05) is 24.3 Å². The van der Waals surface area contributed by atoms with Gasteiger partial charge in [0.1, 0.15) is 11.6 Å². The summed E-state index contributed by atoms with van der Waals surface area (Å²) in [6.07, 6.45) is 5.56. The van der Waals surface area contributed by atoms with Crippen LogP contribution in [0.15, 0.2) is 36.5 Å².